The van der Waals surface area contributed by atoms with Crippen molar-refractivity contribution in [1.82, 2.24) is 4.90 Å². The van der Waals surface area contributed by atoms with Crippen LogP contribution in [0.15, 0.2) is 54.6 Å². The van der Waals surface area contributed by atoms with Gasteiger partial charge >= 0.3 is 5.97 Å². The Morgan fingerprint density at radius 1 is 1.14 bits per heavy atom. The van der Waals surface area contributed by atoms with E-state index in [1.807, 2.05) is 35.2 Å². The average molecular weight is 313 g/mol. The number of hydrogen-bond acceptors (Lipinski definition) is 3. The lowest BCUT2D eigenvalue weighted by atomic mass is 10.1. The normalized spacial score (nSPS) is 17.7. The molecule has 1 amide bonds. The fraction of sp³-hybridized carbons (Fsp3) is 0.176. The van der Waals surface area contributed by atoms with Gasteiger partial charge in [-0.05, 0) is 23.3 Å². The van der Waals surface area contributed by atoms with Crippen molar-refractivity contribution in [2.24, 2.45) is 0 Å². The second-order valence-corrected chi connectivity index (χ2v) is 6.17. The fourth-order valence-electron chi connectivity index (χ4n) is 2.47. The summed E-state index contributed by atoms with van der Waals surface area (Å²) in [6.07, 6.45) is 0. The number of carbonyl (C=O) groups is 2. The minimum absolute atomic E-state index is 0.0597. The van der Waals surface area contributed by atoms with E-state index in [4.69, 9.17) is 5.11 Å². The maximum atomic E-state index is 12.1. The Labute approximate surface area is 132 Å². The summed E-state index contributed by atoms with van der Waals surface area (Å²) < 4.78 is 0. The average Bonchev–Trinajstić information content (AvgIpc) is 2.89. The molecule has 0 spiro atoms. The molecule has 0 bridgehead atoms. The lowest BCUT2D eigenvalue weighted by Crippen LogP contribution is -2.27. The van der Waals surface area contributed by atoms with Gasteiger partial charge < -0.3 is 10.0 Å². The standard InChI is InChI=1S/C17H15NO3S/c19-15-11-22-16(13-6-8-14(9-7-13)17(20)21)18(15)10-12-4-2-1-3-5-12/h1-9,16H,10-11H2,(H,20,21)/t16-/m1/s1. The third kappa shape index (κ3) is 2.99. The van der Waals surface area contributed by atoms with E-state index in [1.54, 1.807) is 36.0 Å². The molecule has 3 rings (SSSR count). The molecule has 1 N–H and O–H groups in total. The quantitative estimate of drug-likeness (QED) is 0.942. The topological polar surface area (TPSA) is 57.6 Å². The van der Waals surface area contributed by atoms with Gasteiger partial charge in [-0.25, -0.2) is 4.79 Å². The van der Waals surface area contributed by atoms with Crippen LogP contribution in [0, 0.1) is 0 Å². The smallest absolute Gasteiger partial charge is 0.335 e. The molecule has 0 aromatic heterocycles. The van der Waals surface area contributed by atoms with E-state index < -0.39 is 5.97 Å². The molecule has 112 valence electrons. The molecule has 4 nitrogen and oxygen atoms in total. The third-order valence-electron chi connectivity index (χ3n) is 3.61. The molecule has 1 fully saturated rings. The summed E-state index contributed by atoms with van der Waals surface area (Å²) in [6.45, 7) is 0.567. The van der Waals surface area contributed by atoms with Gasteiger partial charge in [-0.2, -0.15) is 0 Å². The van der Waals surface area contributed by atoms with Gasteiger partial charge in [0.05, 0.1) is 11.3 Å². The fourth-order valence-corrected chi connectivity index (χ4v) is 3.66. The minimum atomic E-state index is -0.942. The highest BCUT2D eigenvalue weighted by atomic mass is 32.2. The summed E-state index contributed by atoms with van der Waals surface area (Å²) in [4.78, 5) is 24.9. The van der Waals surface area contributed by atoms with Crippen molar-refractivity contribution in [3.63, 3.8) is 0 Å². The molecule has 22 heavy (non-hydrogen) atoms. The van der Waals surface area contributed by atoms with Gasteiger partial charge in [-0.3, -0.25) is 4.79 Å². The number of benzene rings is 2. The van der Waals surface area contributed by atoms with Crippen LogP contribution in [-0.2, 0) is 11.3 Å². The Balaban J connectivity index is 1.82. The number of amides is 1. The van der Waals surface area contributed by atoms with Crippen LogP contribution in [0.2, 0.25) is 0 Å². The van der Waals surface area contributed by atoms with Crippen LogP contribution < -0.4 is 0 Å². The molecule has 1 atom stereocenters. The van der Waals surface area contributed by atoms with Crippen molar-refractivity contribution < 1.29 is 14.7 Å². The Morgan fingerprint density at radius 3 is 2.45 bits per heavy atom. The van der Waals surface area contributed by atoms with Crippen molar-refractivity contribution in [2.75, 3.05) is 5.75 Å². The maximum Gasteiger partial charge on any atom is 0.335 e. The zero-order valence-corrected chi connectivity index (χ0v) is 12.6. The van der Waals surface area contributed by atoms with Crippen molar-refractivity contribution in [1.29, 1.82) is 0 Å². The van der Waals surface area contributed by atoms with E-state index in [-0.39, 0.29) is 16.8 Å². The number of carboxylic acid groups (broad SMARTS) is 1. The van der Waals surface area contributed by atoms with Gasteiger partial charge in [0.25, 0.3) is 0 Å². The van der Waals surface area contributed by atoms with Crippen LogP contribution in [0.4, 0.5) is 0 Å². The van der Waals surface area contributed by atoms with Crippen LogP contribution in [-0.4, -0.2) is 27.6 Å². The van der Waals surface area contributed by atoms with Crippen molar-refractivity contribution in [3.8, 4) is 0 Å². The summed E-state index contributed by atoms with van der Waals surface area (Å²) in [5.41, 5.74) is 2.30. The molecule has 5 heteroatoms. The molecule has 1 aliphatic rings. The number of hydrogen-bond donors (Lipinski definition) is 1. The first-order valence-electron chi connectivity index (χ1n) is 6.93. The predicted octanol–water partition coefficient (Wildman–Crippen LogP) is 3.16. The summed E-state index contributed by atoms with van der Waals surface area (Å²) in [7, 11) is 0. The van der Waals surface area contributed by atoms with Crippen LogP contribution in [0.3, 0.4) is 0 Å². The van der Waals surface area contributed by atoms with E-state index in [0.29, 0.717) is 12.3 Å². The first-order chi connectivity index (χ1) is 10.6. The Hall–Kier alpha value is -2.27. The third-order valence-corrected chi connectivity index (χ3v) is 4.86. The monoisotopic (exact) mass is 313 g/mol. The largest absolute Gasteiger partial charge is 0.478 e. The summed E-state index contributed by atoms with van der Waals surface area (Å²) >= 11 is 1.57. The SMILES string of the molecule is O=C(O)c1ccc([C@H]2SCC(=O)N2Cc2ccccc2)cc1. The molecule has 1 aliphatic heterocycles. The van der Waals surface area contributed by atoms with E-state index in [1.165, 1.54) is 0 Å². The number of nitrogens with zero attached hydrogens (tertiary/aromatic N) is 1. The summed E-state index contributed by atoms with van der Waals surface area (Å²) in [6, 6.07) is 16.6. The highest BCUT2D eigenvalue weighted by molar-refractivity contribution is 8.00. The lowest BCUT2D eigenvalue weighted by molar-refractivity contribution is -0.128. The Kier molecular flexibility index (Phi) is 4.15. The summed E-state index contributed by atoms with van der Waals surface area (Å²) in [5.74, 6) is -0.373. The van der Waals surface area contributed by atoms with Crippen LogP contribution >= 0.6 is 11.8 Å². The Bertz CT molecular complexity index is 685. The van der Waals surface area contributed by atoms with E-state index >= 15 is 0 Å². The lowest BCUT2D eigenvalue weighted by Gasteiger charge is -2.24. The van der Waals surface area contributed by atoms with Gasteiger partial charge in [0.1, 0.15) is 5.37 Å². The van der Waals surface area contributed by atoms with Gasteiger partial charge in [-0.15, -0.1) is 11.8 Å². The zero-order valence-electron chi connectivity index (χ0n) is 11.8. The zero-order chi connectivity index (χ0) is 15.5. The van der Waals surface area contributed by atoms with Crippen LogP contribution in [0.1, 0.15) is 26.9 Å². The molecule has 0 radical (unpaired) electrons. The predicted molar refractivity (Wildman–Crippen MR) is 85.6 cm³/mol. The van der Waals surface area contributed by atoms with Crippen LogP contribution in [0.5, 0.6) is 0 Å². The van der Waals surface area contributed by atoms with E-state index in [2.05, 4.69) is 0 Å². The molecule has 0 unspecified atom stereocenters. The van der Waals surface area contributed by atoms with Crippen molar-refractivity contribution in [3.05, 3.63) is 71.3 Å². The molecular formula is C17H15NO3S. The molecule has 0 aliphatic carbocycles. The first-order valence-corrected chi connectivity index (χ1v) is 7.98. The number of aromatic carboxylic acids is 1. The molecule has 0 saturated carbocycles. The Morgan fingerprint density at radius 2 is 1.82 bits per heavy atom. The molecule has 2 aromatic rings. The molecular weight excluding hydrogens is 298 g/mol. The second kappa shape index (κ2) is 6.23. The van der Waals surface area contributed by atoms with E-state index in [9.17, 15) is 9.59 Å². The summed E-state index contributed by atoms with van der Waals surface area (Å²) in [5, 5.41) is 8.90. The van der Waals surface area contributed by atoms with Crippen LogP contribution in [0.25, 0.3) is 0 Å². The number of rotatable bonds is 4. The highest BCUT2D eigenvalue weighted by Gasteiger charge is 2.32. The number of carboxylic acids is 1. The van der Waals surface area contributed by atoms with Gasteiger partial charge in [0, 0.05) is 6.54 Å². The minimum Gasteiger partial charge on any atom is -0.478 e. The first kappa shape index (κ1) is 14.7. The second-order valence-electron chi connectivity index (χ2n) is 5.10. The number of thioether (sulfide) groups is 1. The van der Waals surface area contributed by atoms with Gasteiger partial charge in [-0.1, -0.05) is 42.5 Å². The maximum absolute atomic E-state index is 12.1. The van der Waals surface area contributed by atoms with Crippen molar-refractivity contribution >= 4 is 23.6 Å². The van der Waals surface area contributed by atoms with Crippen molar-refractivity contribution in [2.45, 2.75) is 11.9 Å². The van der Waals surface area contributed by atoms with Gasteiger partial charge in [0.15, 0.2) is 0 Å². The van der Waals surface area contributed by atoms with Gasteiger partial charge in [0.2, 0.25) is 5.91 Å². The highest BCUT2D eigenvalue weighted by Crippen LogP contribution is 2.39. The molecule has 1 heterocycles. The van der Waals surface area contributed by atoms with E-state index in [0.717, 1.165) is 11.1 Å². The molecule has 2 aromatic carbocycles. The molecule has 1 saturated heterocycles. The number of carbonyl (C=O) groups excluding carboxylic acids is 1.